The van der Waals surface area contributed by atoms with Crippen molar-refractivity contribution in [1.29, 1.82) is 0 Å². The summed E-state index contributed by atoms with van der Waals surface area (Å²) in [6.45, 7) is 4.27. The number of aromatic nitrogens is 5. The molecule has 0 aliphatic carbocycles. The van der Waals surface area contributed by atoms with Crippen molar-refractivity contribution in [1.82, 2.24) is 25.6 Å². The van der Waals surface area contributed by atoms with Gasteiger partial charge in [0.15, 0.2) is 0 Å². The van der Waals surface area contributed by atoms with Crippen molar-refractivity contribution in [2.24, 2.45) is 0 Å². The Balaban J connectivity index is 1.61. The van der Waals surface area contributed by atoms with Gasteiger partial charge in [0.05, 0.1) is 7.11 Å². The number of hydrogen-bond acceptors (Lipinski definition) is 5. The molecule has 0 aliphatic rings. The number of pyridine rings is 1. The van der Waals surface area contributed by atoms with Crippen LogP contribution in [0.2, 0.25) is 0 Å². The molecule has 2 heterocycles. The second kappa shape index (κ2) is 8.06. The molecule has 4 aromatic rings. The van der Waals surface area contributed by atoms with E-state index in [-0.39, 0.29) is 0 Å². The minimum Gasteiger partial charge on any atom is -0.497 e. The Hall–Kier alpha value is -3.80. The Bertz CT molecular complexity index is 1130. The first-order chi connectivity index (χ1) is 14.1. The molecule has 0 saturated heterocycles. The number of hydrogen-bond donors (Lipinski definition) is 1. The predicted octanol–water partition coefficient (Wildman–Crippen LogP) is 4.72. The molecule has 0 fully saturated rings. The zero-order chi connectivity index (χ0) is 20.2. The smallest absolute Gasteiger partial charge is 0.206 e. The molecule has 29 heavy (non-hydrogen) atoms. The van der Waals surface area contributed by atoms with Gasteiger partial charge in [0.2, 0.25) is 5.82 Å². The van der Waals surface area contributed by atoms with Gasteiger partial charge in [0.1, 0.15) is 5.75 Å². The Morgan fingerprint density at radius 2 is 1.62 bits per heavy atom. The Labute approximate surface area is 169 Å². The second-order valence-electron chi connectivity index (χ2n) is 6.83. The normalized spacial score (nSPS) is 11.1. The number of H-pyrrole nitrogens is 1. The van der Waals surface area contributed by atoms with E-state index in [1.165, 1.54) is 27.8 Å². The van der Waals surface area contributed by atoms with E-state index in [0.717, 1.165) is 16.9 Å². The van der Waals surface area contributed by atoms with Gasteiger partial charge in [-0.3, -0.25) is 4.98 Å². The van der Waals surface area contributed by atoms with Gasteiger partial charge in [0.25, 0.3) is 0 Å². The molecular weight excluding hydrogens is 362 g/mol. The lowest BCUT2D eigenvalue weighted by molar-refractivity contribution is 0.415. The Morgan fingerprint density at radius 1 is 0.862 bits per heavy atom. The van der Waals surface area contributed by atoms with Gasteiger partial charge in [-0.2, -0.15) is 5.21 Å². The molecule has 6 heteroatoms. The first kappa shape index (κ1) is 18.6. The van der Waals surface area contributed by atoms with Crippen molar-refractivity contribution in [2.45, 2.75) is 13.8 Å². The van der Waals surface area contributed by atoms with Crippen LogP contribution in [0.3, 0.4) is 0 Å². The summed E-state index contributed by atoms with van der Waals surface area (Å²) in [6, 6.07) is 14.5. The molecule has 1 N–H and O–H groups in total. The van der Waals surface area contributed by atoms with Crippen molar-refractivity contribution in [3.05, 3.63) is 77.1 Å². The van der Waals surface area contributed by atoms with Crippen LogP contribution < -0.4 is 4.74 Å². The summed E-state index contributed by atoms with van der Waals surface area (Å²) in [5, 5.41) is 14.1. The molecular formula is C23H21N5O. The van der Waals surface area contributed by atoms with Crippen LogP contribution in [0.5, 0.6) is 5.75 Å². The maximum absolute atomic E-state index is 5.25. The highest BCUT2D eigenvalue weighted by atomic mass is 16.5. The van der Waals surface area contributed by atoms with Crippen molar-refractivity contribution in [3.8, 4) is 28.3 Å². The van der Waals surface area contributed by atoms with E-state index in [1.807, 2.05) is 24.4 Å². The van der Waals surface area contributed by atoms with Crippen molar-refractivity contribution >= 4 is 12.2 Å². The number of tetrazole rings is 1. The standard InChI is InChI=1S/C23H21N5O/c1-15-10-19(18-5-7-21(29-3)8-6-18)11-16(2)22(15)9-4-17-12-20(14-24-13-17)23-25-27-28-26-23/h4-14H,1-3H3,(H,25,26,27,28)/b9-4+. The molecule has 0 aliphatic heterocycles. The molecule has 0 unspecified atom stereocenters. The summed E-state index contributed by atoms with van der Waals surface area (Å²) in [5.41, 5.74) is 7.80. The van der Waals surface area contributed by atoms with Crippen LogP contribution in [0, 0.1) is 13.8 Å². The van der Waals surface area contributed by atoms with Crippen molar-refractivity contribution in [2.75, 3.05) is 7.11 Å². The highest BCUT2D eigenvalue weighted by Gasteiger charge is 2.06. The number of nitrogens with one attached hydrogen (secondary N) is 1. The number of methoxy groups -OCH3 is 1. The zero-order valence-corrected chi connectivity index (χ0v) is 16.5. The fraction of sp³-hybridized carbons (Fsp3) is 0.130. The van der Waals surface area contributed by atoms with E-state index >= 15 is 0 Å². The number of rotatable bonds is 5. The summed E-state index contributed by atoms with van der Waals surface area (Å²) in [4.78, 5) is 4.28. The molecule has 144 valence electrons. The second-order valence-corrected chi connectivity index (χ2v) is 6.83. The van der Waals surface area contributed by atoms with Crippen LogP contribution in [-0.2, 0) is 0 Å². The summed E-state index contributed by atoms with van der Waals surface area (Å²) < 4.78 is 5.25. The highest BCUT2D eigenvalue weighted by Crippen LogP contribution is 2.28. The molecule has 0 atom stereocenters. The number of nitrogens with zero attached hydrogens (tertiary/aromatic N) is 4. The number of benzene rings is 2. The zero-order valence-electron chi connectivity index (χ0n) is 16.5. The molecule has 0 radical (unpaired) electrons. The van der Waals surface area contributed by atoms with Crippen LogP contribution >= 0.6 is 0 Å². The predicted molar refractivity (Wildman–Crippen MR) is 114 cm³/mol. The van der Waals surface area contributed by atoms with Crippen LogP contribution in [0.15, 0.2) is 54.9 Å². The SMILES string of the molecule is COc1ccc(-c2cc(C)c(/C=C/c3cncc(-c4nn[nH]n4)c3)c(C)c2)cc1. The van der Waals surface area contributed by atoms with Crippen LogP contribution in [-0.4, -0.2) is 32.7 Å². The van der Waals surface area contributed by atoms with Gasteiger partial charge in [-0.05, 0) is 70.6 Å². The van der Waals surface area contributed by atoms with Gasteiger partial charge in [-0.25, -0.2) is 0 Å². The fourth-order valence-electron chi connectivity index (χ4n) is 3.32. The molecule has 6 nitrogen and oxygen atoms in total. The van der Waals surface area contributed by atoms with E-state index in [2.05, 4.69) is 75.9 Å². The van der Waals surface area contributed by atoms with E-state index in [9.17, 15) is 0 Å². The molecule has 2 aromatic carbocycles. The third-order valence-electron chi connectivity index (χ3n) is 4.82. The largest absolute Gasteiger partial charge is 0.497 e. The number of ether oxygens (including phenoxy) is 1. The molecule has 0 spiro atoms. The summed E-state index contributed by atoms with van der Waals surface area (Å²) in [7, 11) is 1.68. The first-order valence-electron chi connectivity index (χ1n) is 9.26. The first-order valence-corrected chi connectivity index (χ1v) is 9.26. The third kappa shape index (κ3) is 4.06. The molecule has 0 saturated carbocycles. The maximum atomic E-state index is 5.25. The van der Waals surface area contributed by atoms with E-state index in [0.29, 0.717) is 5.82 Å². The minimum atomic E-state index is 0.531. The maximum Gasteiger partial charge on any atom is 0.206 e. The lowest BCUT2D eigenvalue weighted by atomic mass is 9.95. The van der Waals surface area contributed by atoms with Crippen molar-refractivity contribution in [3.63, 3.8) is 0 Å². The minimum absolute atomic E-state index is 0.531. The van der Waals surface area contributed by atoms with Crippen LogP contribution in [0.4, 0.5) is 0 Å². The number of aryl methyl sites for hydroxylation is 2. The quantitative estimate of drug-likeness (QED) is 0.539. The van der Waals surface area contributed by atoms with Crippen molar-refractivity contribution < 1.29 is 4.74 Å². The number of aromatic amines is 1. The molecule has 0 bridgehead atoms. The average Bonchev–Trinajstić information content (AvgIpc) is 3.28. The highest BCUT2D eigenvalue weighted by molar-refractivity contribution is 5.77. The summed E-state index contributed by atoms with van der Waals surface area (Å²) in [6.07, 6.45) is 7.72. The summed E-state index contributed by atoms with van der Waals surface area (Å²) in [5.74, 6) is 1.39. The van der Waals surface area contributed by atoms with Crippen LogP contribution in [0.1, 0.15) is 22.3 Å². The third-order valence-corrected chi connectivity index (χ3v) is 4.82. The van der Waals surface area contributed by atoms with Gasteiger partial charge < -0.3 is 4.74 Å². The van der Waals surface area contributed by atoms with Gasteiger partial charge >= 0.3 is 0 Å². The van der Waals surface area contributed by atoms with Gasteiger partial charge in [0, 0.05) is 18.0 Å². The average molecular weight is 383 g/mol. The van der Waals surface area contributed by atoms with Gasteiger partial charge in [-0.15, -0.1) is 10.2 Å². The summed E-state index contributed by atoms with van der Waals surface area (Å²) >= 11 is 0. The van der Waals surface area contributed by atoms with E-state index in [4.69, 9.17) is 4.74 Å². The monoisotopic (exact) mass is 383 g/mol. The van der Waals surface area contributed by atoms with E-state index < -0.39 is 0 Å². The van der Waals surface area contributed by atoms with E-state index in [1.54, 1.807) is 13.3 Å². The Morgan fingerprint density at radius 3 is 2.28 bits per heavy atom. The lowest BCUT2D eigenvalue weighted by Crippen LogP contribution is -1.90. The Kier molecular flexibility index (Phi) is 5.16. The molecule has 4 rings (SSSR count). The molecule has 2 aromatic heterocycles. The van der Waals surface area contributed by atoms with Gasteiger partial charge in [-0.1, -0.05) is 36.4 Å². The fourth-order valence-corrected chi connectivity index (χ4v) is 3.32. The topological polar surface area (TPSA) is 76.6 Å². The molecule has 0 amide bonds. The lowest BCUT2D eigenvalue weighted by Gasteiger charge is -2.11. The van der Waals surface area contributed by atoms with Crippen LogP contribution in [0.25, 0.3) is 34.7 Å².